The van der Waals surface area contributed by atoms with E-state index in [1.807, 2.05) is 12.1 Å². The highest BCUT2D eigenvalue weighted by molar-refractivity contribution is 6.05. The zero-order valence-corrected chi connectivity index (χ0v) is 30.5. The molecule has 0 spiro atoms. The number of benzene rings is 5. The first-order valence-electron chi connectivity index (χ1n) is 19.4. The van der Waals surface area contributed by atoms with Gasteiger partial charge in [-0.1, -0.05) is 168 Å². The molecule has 0 radical (unpaired) electrons. The number of carbonyl (C=O) groups is 1. The Hall–Kier alpha value is -5.35. The van der Waals surface area contributed by atoms with Gasteiger partial charge in [0.25, 0.3) is 0 Å². The molecule has 0 atom stereocenters. The van der Waals surface area contributed by atoms with Gasteiger partial charge in [0.05, 0.1) is 17.0 Å². The van der Waals surface area contributed by atoms with Gasteiger partial charge in [-0.2, -0.15) is 0 Å². The number of rotatable bonds is 14. The van der Waals surface area contributed by atoms with E-state index < -0.39 is 5.60 Å². The molecule has 0 fully saturated rings. The number of nitrogens with zero attached hydrogens (tertiary/aromatic N) is 2. The normalized spacial score (nSPS) is 13.5. The van der Waals surface area contributed by atoms with Crippen LogP contribution in [-0.4, -0.2) is 15.1 Å². The molecule has 4 nitrogen and oxygen atoms in total. The quantitative estimate of drug-likeness (QED) is 0.0844. The first kappa shape index (κ1) is 33.8. The van der Waals surface area contributed by atoms with Crippen LogP contribution in [0, 0.1) is 0 Å². The predicted octanol–water partition coefficient (Wildman–Crippen LogP) is 12.6. The molecule has 5 aromatic carbocycles. The van der Waals surface area contributed by atoms with Crippen molar-refractivity contribution < 1.29 is 9.53 Å². The van der Waals surface area contributed by atoms with Crippen LogP contribution in [0.4, 0.5) is 0 Å². The predicted molar refractivity (Wildman–Crippen MR) is 215 cm³/mol. The van der Waals surface area contributed by atoms with E-state index in [0.717, 1.165) is 86.9 Å². The number of hydrogen-bond donors (Lipinski definition) is 0. The minimum atomic E-state index is -1.23. The molecule has 0 N–H and O–H groups in total. The fraction of sp³-hybridized carbons (Fsp3) is 0.271. The molecule has 0 amide bonds. The number of fused-ring (bicyclic) bond motifs is 3. The molecule has 8 rings (SSSR count). The number of para-hydroxylation sites is 2. The van der Waals surface area contributed by atoms with E-state index in [2.05, 4.69) is 144 Å². The first-order valence-corrected chi connectivity index (χ1v) is 19.4. The van der Waals surface area contributed by atoms with E-state index in [9.17, 15) is 4.79 Å². The summed E-state index contributed by atoms with van der Waals surface area (Å²) in [4.78, 5) is 14.5. The Kier molecular flexibility index (Phi) is 9.56. The maximum Gasteiger partial charge on any atom is 0.340 e. The second-order valence-electron chi connectivity index (χ2n) is 14.3. The third-order valence-corrected chi connectivity index (χ3v) is 11.0. The number of cyclic esters (lactones) is 1. The van der Waals surface area contributed by atoms with Gasteiger partial charge in [-0.3, -0.25) is 0 Å². The monoisotopic (exact) mass is 684 g/mol. The van der Waals surface area contributed by atoms with Crippen LogP contribution >= 0.6 is 0 Å². The van der Waals surface area contributed by atoms with E-state index in [-0.39, 0.29) is 5.97 Å². The Morgan fingerprint density at radius 2 is 0.942 bits per heavy atom. The van der Waals surface area contributed by atoms with Gasteiger partial charge in [0.2, 0.25) is 0 Å². The van der Waals surface area contributed by atoms with Crippen molar-refractivity contribution in [2.75, 3.05) is 0 Å². The maximum atomic E-state index is 14.5. The highest BCUT2D eigenvalue weighted by Gasteiger charge is 2.54. The van der Waals surface area contributed by atoms with Crippen LogP contribution in [0.2, 0.25) is 0 Å². The van der Waals surface area contributed by atoms with Crippen molar-refractivity contribution in [2.24, 2.45) is 0 Å². The molecule has 0 bridgehead atoms. The summed E-state index contributed by atoms with van der Waals surface area (Å²) in [5, 5.41) is 2.22. The Labute approximate surface area is 307 Å². The summed E-state index contributed by atoms with van der Waals surface area (Å²) in [7, 11) is 0. The Bertz CT molecular complexity index is 2200. The van der Waals surface area contributed by atoms with Crippen LogP contribution in [0.1, 0.15) is 92.3 Å². The number of ether oxygens (including phenoxy) is 1. The van der Waals surface area contributed by atoms with Crippen molar-refractivity contribution >= 4 is 27.8 Å². The van der Waals surface area contributed by atoms with Gasteiger partial charge >= 0.3 is 5.97 Å². The van der Waals surface area contributed by atoms with Crippen molar-refractivity contribution in [1.29, 1.82) is 0 Å². The molecule has 0 saturated carbocycles. The van der Waals surface area contributed by atoms with Crippen LogP contribution in [0.5, 0.6) is 0 Å². The number of esters is 1. The number of hydrogen-bond acceptors (Lipinski definition) is 2. The zero-order valence-electron chi connectivity index (χ0n) is 30.5. The van der Waals surface area contributed by atoms with Crippen molar-refractivity contribution in [2.45, 2.75) is 83.9 Å². The fourth-order valence-electron chi connectivity index (χ4n) is 8.68. The number of aromatic nitrogens is 2. The molecule has 1 aliphatic rings. The molecule has 262 valence electrons. The lowest BCUT2D eigenvalue weighted by Gasteiger charge is -2.32. The Morgan fingerprint density at radius 1 is 0.500 bits per heavy atom. The highest BCUT2D eigenvalue weighted by Crippen LogP contribution is 2.57. The molecular weight excluding hydrogens is 637 g/mol. The van der Waals surface area contributed by atoms with Crippen LogP contribution in [0.3, 0.4) is 0 Å². The van der Waals surface area contributed by atoms with E-state index >= 15 is 0 Å². The number of carbonyl (C=O) groups excluding carboxylic acids is 1. The summed E-state index contributed by atoms with van der Waals surface area (Å²) in [6.45, 7) is 6.28. The Balaban J connectivity index is 1.54. The molecular formula is C48H48N2O2. The minimum absolute atomic E-state index is 0.284. The average Bonchev–Trinajstić information content (AvgIpc) is 3.82. The van der Waals surface area contributed by atoms with Crippen LogP contribution in [0.25, 0.3) is 44.3 Å². The summed E-state index contributed by atoms with van der Waals surface area (Å²) in [6.07, 6.45) is 9.26. The standard InChI is InChI=1S/C48H48N2O2/c1-3-5-7-21-33-49-41-31-19-16-28-38(41)43(45(49)35-23-11-9-12-24-35)48(40-30-18-15-27-37(40)47(51)52-48)44-39-29-17-20-32-42(39)50(34-22-8-6-4-2)46(44)36-25-13-10-14-26-36/h9-20,23-32H,3-8,21-22,33-34H2,1-2H3. The summed E-state index contributed by atoms with van der Waals surface area (Å²) in [5.74, 6) is -0.284. The van der Waals surface area contributed by atoms with Gasteiger partial charge < -0.3 is 13.9 Å². The van der Waals surface area contributed by atoms with Gasteiger partial charge in [0, 0.05) is 51.6 Å². The highest BCUT2D eigenvalue weighted by atomic mass is 16.6. The van der Waals surface area contributed by atoms with Gasteiger partial charge in [0.15, 0.2) is 5.60 Å². The van der Waals surface area contributed by atoms with E-state index in [1.54, 1.807) is 0 Å². The summed E-state index contributed by atoms with van der Waals surface area (Å²) < 4.78 is 12.2. The molecule has 3 heterocycles. The molecule has 2 aromatic heterocycles. The first-order chi connectivity index (χ1) is 25.7. The number of unbranched alkanes of at least 4 members (excludes halogenated alkanes) is 6. The van der Waals surface area contributed by atoms with E-state index in [1.165, 1.54) is 38.5 Å². The molecule has 0 unspecified atom stereocenters. The second-order valence-corrected chi connectivity index (χ2v) is 14.3. The minimum Gasteiger partial charge on any atom is -0.440 e. The SMILES string of the molecule is CCCCCCn1c(-c2ccccc2)c(C2(c3c(-c4ccccc4)n(CCCCCC)c4ccccc34)OC(=O)c3ccccc32)c2ccccc21. The summed E-state index contributed by atoms with van der Waals surface area (Å²) in [5.41, 5.74) is 9.16. The van der Waals surface area contributed by atoms with Crippen LogP contribution in [0.15, 0.2) is 133 Å². The smallest absolute Gasteiger partial charge is 0.340 e. The third-order valence-electron chi connectivity index (χ3n) is 11.0. The van der Waals surface area contributed by atoms with Gasteiger partial charge in [-0.05, 0) is 42.2 Å². The summed E-state index contributed by atoms with van der Waals surface area (Å²) >= 11 is 0. The molecule has 0 saturated heterocycles. The molecule has 4 heteroatoms. The van der Waals surface area contributed by atoms with Crippen LogP contribution in [-0.2, 0) is 23.4 Å². The second kappa shape index (κ2) is 14.7. The maximum absolute atomic E-state index is 14.5. The van der Waals surface area contributed by atoms with E-state index in [4.69, 9.17) is 4.74 Å². The van der Waals surface area contributed by atoms with Crippen molar-refractivity contribution in [3.63, 3.8) is 0 Å². The summed E-state index contributed by atoms with van der Waals surface area (Å²) in [6, 6.07) is 47.1. The van der Waals surface area contributed by atoms with Crippen molar-refractivity contribution in [1.82, 2.24) is 9.13 Å². The Morgan fingerprint density at radius 3 is 1.44 bits per heavy atom. The van der Waals surface area contributed by atoms with Gasteiger partial charge in [0.1, 0.15) is 0 Å². The van der Waals surface area contributed by atoms with Crippen LogP contribution < -0.4 is 0 Å². The number of aryl methyl sites for hydroxylation is 2. The van der Waals surface area contributed by atoms with E-state index in [0.29, 0.717) is 5.56 Å². The zero-order chi connectivity index (χ0) is 35.5. The molecule has 7 aromatic rings. The third kappa shape index (κ3) is 5.66. The average molecular weight is 685 g/mol. The molecule has 52 heavy (non-hydrogen) atoms. The lowest BCUT2D eigenvalue weighted by Crippen LogP contribution is -2.31. The lowest BCUT2D eigenvalue weighted by atomic mass is 9.75. The molecule has 1 aliphatic heterocycles. The van der Waals surface area contributed by atoms with Crippen molar-refractivity contribution in [3.8, 4) is 22.5 Å². The fourth-order valence-corrected chi connectivity index (χ4v) is 8.68. The largest absolute Gasteiger partial charge is 0.440 e. The molecule has 0 aliphatic carbocycles. The van der Waals surface area contributed by atoms with Gasteiger partial charge in [-0.25, -0.2) is 4.79 Å². The topological polar surface area (TPSA) is 36.2 Å². The lowest BCUT2D eigenvalue weighted by molar-refractivity contribution is 0.0262. The van der Waals surface area contributed by atoms with Gasteiger partial charge in [-0.15, -0.1) is 0 Å². The van der Waals surface area contributed by atoms with Crippen molar-refractivity contribution in [3.05, 3.63) is 156 Å².